The van der Waals surface area contributed by atoms with Gasteiger partial charge >= 0.3 is 5.97 Å². The van der Waals surface area contributed by atoms with Crippen molar-refractivity contribution >= 4 is 28.1 Å². The summed E-state index contributed by atoms with van der Waals surface area (Å²) in [5.74, 6) is -0.971. The van der Waals surface area contributed by atoms with Gasteiger partial charge in [-0.2, -0.15) is 0 Å². The van der Waals surface area contributed by atoms with E-state index in [0.29, 0.717) is 6.42 Å². The average Bonchev–Trinajstić information content (AvgIpc) is 2.87. The number of carboxylic acid groups (broad SMARTS) is 1. The summed E-state index contributed by atoms with van der Waals surface area (Å²) in [4.78, 5) is 14.9. The van der Waals surface area contributed by atoms with Gasteiger partial charge in [0.1, 0.15) is 0 Å². The summed E-state index contributed by atoms with van der Waals surface area (Å²) < 4.78 is 0. The lowest BCUT2D eigenvalue weighted by Crippen LogP contribution is -1.97. The highest BCUT2D eigenvalue weighted by atomic mass is 32.1. The minimum absolute atomic E-state index is 0.126. The first-order valence-corrected chi connectivity index (χ1v) is 6.76. The Balaban J connectivity index is 1.89. The van der Waals surface area contributed by atoms with Crippen LogP contribution in [0, 0.1) is 0 Å². The molecule has 2 aromatic carbocycles. The molecule has 0 atom stereocenters. The van der Waals surface area contributed by atoms with Crippen molar-refractivity contribution in [2.24, 2.45) is 0 Å². The van der Waals surface area contributed by atoms with Crippen LogP contribution < -0.4 is 0 Å². The molecule has 0 aliphatic heterocycles. The molecule has 0 saturated carbocycles. The van der Waals surface area contributed by atoms with Crippen molar-refractivity contribution in [2.75, 3.05) is 0 Å². The van der Waals surface area contributed by atoms with Gasteiger partial charge in [0.05, 0.1) is 5.01 Å². The van der Waals surface area contributed by atoms with Crippen LogP contribution in [0.3, 0.4) is 0 Å². The first-order valence-electron chi connectivity index (χ1n) is 5.88. The Morgan fingerprint density at radius 3 is 2.68 bits per heavy atom. The molecule has 1 heterocycles. The van der Waals surface area contributed by atoms with Crippen LogP contribution in [0.25, 0.3) is 10.8 Å². The van der Waals surface area contributed by atoms with Crippen LogP contribution in [-0.2, 0) is 6.42 Å². The van der Waals surface area contributed by atoms with Gasteiger partial charge in [-0.05, 0) is 16.3 Å². The van der Waals surface area contributed by atoms with Crippen molar-refractivity contribution in [1.29, 1.82) is 0 Å². The first kappa shape index (κ1) is 11.9. The minimum Gasteiger partial charge on any atom is -0.476 e. The highest BCUT2D eigenvalue weighted by Crippen LogP contribution is 2.19. The summed E-state index contributed by atoms with van der Waals surface area (Å²) in [6.07, 6.45) is 0.669. The number of carboxylic acids is 1. The molecule has 0 bridgehead atoms. The van der Waals surface area contributed by atoms with E-state index in [-0.39, 0.29) is 5.69 Å². The van der Waals surface area contributed by atoms with Crippen LogP contribution in [0.5, 0.6) is 0 Å². The number of hydrogen-bond acceptors (Lipinski definition) is 3. The molecule has 0 unspecified atom stereocenters. The lowest BCUT2D eigenvalue weighted by molar-refractivity contribution is 0.0691. The van der Waals surface area contributed by atoms with Crippen LogP contribution >= 0.6 is 11.3 Å². The number of rotatable bonds is 3. The SMILES string of the molecule is O=C(O)c1csc(Cc2ccc3ccccc3c2)n1. The molecule has 94 valence electrons. The zero-order chi connectivity index (χ0) is 13.2. The average molecular weight is 269 g/mol. The predicted octanol–water partition coefficient (Wildman–Crippen LogP) is 3.59. The van der Waals surface area contributed by atoms with Crippen LogP contribution in [0.4, 0.5) is 0 Å². The number of benzene rings is 2. The van der Waals surface area contributed by atoms with Crippen molar-refractivity contribution in [3.05, 3.63) is 64.1 Å². The molecule has 0 saturated heterocycles. The number of aromatic carboxylic acids is 1. The molecule has 0 amide bonds. The molecule has 1 aromatic heterocycles. The molecule has 3 rings (SSSR count). The third-order valence-electron chi connectivity index (χ3n) is 2.94. The van der Waals surface area contributed by atoms with Gasteiger partial charge in [-0.25, -0.2) is 9.78 Å². The Morgan fingerprint density at radius 2 is 1.95 bits per heavy atom. The molecule has 4 heteroatoms. The van der Waals surface area contributed by atoms with Gasteiger partial charge in [0, 0.05) is 11.8 Å². The lowest BCUT2D eigenvalue weighted by Gasteiger charge is -2.01. The van der Waals surface area contributed by atoms with Gasteiger partial charge in [0.15, 0.2) is 5.69 Å². The Hall–Kier alpha value is -2.20. The highest BCUT2D eigenvalue weighted by Gasteiger charge is 2.09. The van der Waals surface area contributed by atoms with Crippen molar-refractivity contribution in [2.45, 2.75) is 6.42 Å². The zero-order valence-corrected chi connectivity index (χ0v) is 10.9. The second-order valence-electron chi connectivity index (χ2n) is 4.29. The Bertz CT molecular complexity index is 748. The van der Waals surface area contributed by atoms with E-state index >= 15 is 0 Å². The van der Waals surface area contributed by atoms with Gasteiger partial charge in [-0.15, -0.1) is 11.3 Å². The molecular formula is C15H11NO2S. The normalized spacial score (nSPS) is 10.7. The molecule has 0 radical (unpaired) electrons. The van der Waals surface area contributed by atoms with Gasteiger partial charge in [0.2, 0.25) is 0 Å². The molecule has 0 aliphatic carbocycles. The molecule has 0 aliphatic rings. The Labute approximate surface area is 114 Å². The molecular weight excluding hydrogens is 258 g/mol. The molecule has 0 fully saturated rings. The second-order valence-corrected chi connectivity index (χ2v) is 5.23. The van der Waals surface area contributed by atoms with Crippen molar-refractivity contribution in [3.8, 4) is 0 Å². The van der Waals surface area contributed by atoms with E-state index in [1.807, 2.05) is 12.1 Å². The van der Waals surface area contributed by atoms with Crippen LogP contribution in [0.2, 0.25) is 0 Å². The fraction of sp³-hybridized carbons (Fsp3) is 0.0667. The van der Waals surface area contributed by atoms with E-state index in [1.54, 1.807) is 5.38 Å². The van der Waals surface area contributed by atoms with E-state index in [1.165, 1.54) is 22.1 Å². The Morgan fingerprint density at radius 1 is 1.16 bits per heavy atom. The Kier molecular flexibility index (Phi) is 3.01. The van der Waals surface area contributed by atoms with Gasteiger partial charge < -0.3 is 5.11 Å². The molecule has 0 spiro atoms. The van der Waals surface area contributed by atoms with E-state index < -0.39 is 5.97 Å². The summed E-state index contributed by atoms with van der Waals surface area (Å²) in [7, 11) is 0. The maximum absolute atomic E-state index is 10.8. The summed E-state index contributed by atoms with van der Waals surface area (Å²) in [6, 6.07) is 14.4. The van der Waals surface area contributed by atoms with E-state index in [0.717, 1.165) is 10.6 Å². The molecule has 3 nitrogen and oxygen atoms in total. The van der Waals surface area contributed by atoms with Gasteiger partial charge in [-0.1, -0.05) is 42.5 Å². The van der Waals surface area contributed by atoms with Crippen LogP contribution in [-0.4, -0.2) is 16.1 Å². The zero-order valence-electron chi connectivity index (χ0n) is 10.0. The third-order valence-corrected chi connectivity index (χ3v) is 3.79. The fourth-order valence-corrected chi connectivity index (χ4v) is 2.82. The second kappa shape index (κ2) is 4.82. The summed E-state index contributed by atoms with van der Waals surface area (Å²) in [5.41, 5.74) is 1.27. The highest BCUT2D eigenvalue weighted by molar-refractivity contribution is 7.09. The number of aromatic nitrogens is 1. The van der Waals surface area contributed by atoms with E-state index in [2.05, 4.69) is 35.3 Å². The fourth-order valence-electron chi connectivity index (χ4n) is 2.01. The molecule has 19 heavy (non-hydrogen) atoms. The van der Waals surface area contributed by atoms with Crippen LogP contribution in [0.15, 0.2) is 47.8 Å². The number of carbonyl (C=O) groups is 1. The monoisotopic (exact) mass is 269 g/mol. The lowest BCUT2D eigenvalue weighted by atomic mass is 10.1. The number of fused-ring (bicyclic) bond motifs is 1. The summed E-state index contributed by atoms with van der Waals surface area (Å²) in [6.45, 7) is 0. The quantitative estimate of drug-likeness (QED) is 0.790. The largest absolute Gasteiger partial charge is 0.476 e. The van der Waals surface area contributed by atoms with E-state index in [4.69, 9.17) is 5.11 Å². The van der Waals surface area contributed by atoms with Crippen molar-refractivity contribution < 1.29 is 9.90 Å². The maximum atomic E-state index is 10.8. The van der Waals surface area contributed by atoms with Gasteiger partial charge in [-0.3, -0.25) is 0 Å². The molecule has 1 N–H and O–H groups in total. The molecule has 3 aromatic rings. The predicted molar refractivity (Wildman–Crippen MR) is 75.8 cm³/mol. The standard InChI is InChI=1S/C15H11NO2S/c17-15(18)13-9-19-14(16-13)8-10-5-6-11-3-1-2-4-12(11)7-10/h1-7,9H,8H2,(H,17,18). The van der Waals surface area contributed by atoms with Gasteiger partial charge in [0.25, 0.3) is 0 Å². The number of hydrogen-bond donors (Lipinski definition) is 1. The van der Waals surface area contributed by atoms with E-state index in [9.17, 15) is 4.79 Å². The van der Waals surface area contributed by atoms with Crippen LogP contribution in [0.1, 0.15) is 21.1 Å². The van der Waals surface area contributed by atoms with Crippen molar-refractivity contribution in [3.63, 3.8) is 0 Å². The minimum atomic E-state index is -0.971. The number of nitrogens with zero attached hydrogens (tertiary/aromatic N) is 1. The number of thiazole rings is 1. The third kappa shape index (κ3) is 2.48. The maximum Gasteiger partial charge on any atom is 0.355 e. The first-order chi connectivity index (χ1) is 9.22. The summed E-state index contributed by atoms with van der Waals surface area (Å²) in [5, 5.41) is 13.7. The summed E-state index contributed by atoms with van der Waals surface area (Å²) >= 11 is 1.39. The smallest absolute Gasteiger partial charge is 0.355 e. The topological polar surface area (TPSA) is 50.2 Å². The van der Waals surface area contributed by atoms with Crippen molar-refractivity contribution in [1.82, 2.24) is 4.98 Å².